The third-order valence-electron chi connectivity index (χ3n) is 6.12. The van der Waals surface area contributed by atoms with Crippen LogP contribution in [-0.4, -0.2) is 63.7 Å². The van der Waals surface area contributed by atoms with E-state index in [4.69, 9.17) is 0 Å². The number of aryl methyl sites for hydroxylation is 2. The van der Waals surface area contributed by atoms with Gasteiger partial charge in [0.25, 0.3) is 0 Å². The van der Waals surface area contributed by atoms with Crippen molar-refractivity contribution in [2.45, 2.75) is 64.7 Å². The van der Waals surface area contributed by atoms with Crippen LogP contribution in [0.5, 0.6) is 0 Å². The Morgan fingerprint density at radius 2 is 1.77 bits per heavy atom. The standard InChI is InChI=1S/C22H33N7OS/c1-16-15-17(2)25-21(24-16)23-10-6-9-19(30)28-11-13-29(14-12-28)22-27-26-20(31-22)18-7-4-3-5-8-18/h15,18H,3-14H2,1-2H3,(H,23,24,25). The van der Waals surface area contributed by atoms with Gasteiger partial charge < -0.3 is 15.1 Å². The van der Waals surface area contributed by atoms with Crippen LogP contribution in [0.25, 0.3) is 0 Å². The minimum atomic E-state index is 0.225. The fraction of sp³-hybridized carbons (Fsp3) is 0.682. The first-order valence-electron chi connectivity index (χ1n) is 11.5. The Hall–Kier alpha value is -2.29. The number of amides is 1. The molecule has 4 rings (SSSR count). The van der Waals surface area contributed by atoms with Crippen molar-refractivity contribution in [2.75, 3.05) is 42.9 Å². The Balaban J connectivity index is 1.18. The molecule has 0 atom stereocenters. The van der Waals surface area contributed by atoms with Gasteiger partial charge in [-0.1, -0.05) is 30.6 Å². The molecule has 0 unspecified atom stereocenters. The zero-order chi connectivity index (χ0) is 21.6. The lowest BCUT2D eigenvalue weighted by molar-refractivity contribution is -0.131. The van der Waals surface area contributed by atoms with Crippen molar-refractivity contribution < 1.29 is 4.79 Å². The fourth-order valence-corrected chi connectivity index (χ4v) is 5.48. The van der Waals surface area contributed by atoms with Crippen molar-refractivity contribution in [3.8, 4) is 0 Å². The number of hydrogen-bond donors (Lipinski definition) is 1. The molecule has 1 saturated carbocycles. The molecule has 31 heavy (non-hydrogen) atoms. The highest BCUT2D eigenvalue weighted by Gasteiger charge is 2.25. The third-order valence-corrected chi connectivity index (χ3v) is 7.27. The second-order valence-electron chi connectivity index (χ2n) is 8.63. The zero-order valence-electron chi connectivity index (χ0n) is 18.6. The number of anilines is 2. The lowest BCUT2D eigenvalue weighted by atomic mass is 9.90. The quantitative estimate of drug-likeness (QED) is 0.655. The van der Waals surface area contributed by atoms with E-state index in [0.717, 1.165) is 49.1 Å². The third kappa shape index (κ3) is 5.90. The van der Waals surface area contributed by atoms with Crippen LogP contribution in [0.2, 0.25) is 0 Å². The van der Waals surface area contributed by atoms with Gasteiger partial charge in [-0.3, -0.25) is 4.79 Å². The molecule has 1 aliphatic carbocycles. The summed E-state index contributed by atoms with van der Waals surface area (Å²) in [4.78, 5) is 25.6. The summed E-state index contributed by atoms with van der Waals surface area (Å²) < 4.78 is 0. The van der Waals surface area contributed by atoms with Gasteiger partial charge in [0.05, 0.1) is 0 Å². The molecule has 0 bridgehead atoms. The first-order chi connectivity index (χ1) is 15.1. The van der Waals surface area contributed by atoms with Gasteiger partial charge in [0.1, 0.15) is 5.01 Å². The molecule has 0 radical (unpaired) electrons. The summed E-state index contributed by atoms with van der Waals surface area (Å²) >= 11 is 1.75. The second kappa shape index (κ2) is 10.3. The molecule has 2 fully saturated rings. The number of rotatable bonds is 7. The van der Waals surface area contributed by atoms with Crippen LogP contribution in [0.1, 0.15) is 67.3 Å². The van der Waals surface area contributed by atoms with E-state index in [-0.39, 0.29) is 5.91 Å². The molecule has 8 nitrogen and oxygen atoms in total. The average molecular weight is 444 g/mol. The first-order valence-corrected chi connectivity index (χ1v) is 12.3. The van der Waals surface area contributed by atoms with Crippen molar-refractivity contribution in [3.63, 3.8) is 0 Å². The molecule has 1 saturated heterocycles. The maximum Gasteiger partial charge on any atom is 0.223 e. The van der Waals surface area contributed by atoms with E-state index in [1.807, 2.05) is 24.8 Å². The summed E-state index contributed by atoms with van der Waals surface area (Å²) in [5.74, 6) is 1.47. The summed E-state index contributed by atoms with van der Waals surface area (Å²) in [6, 6.07) is 1.95. The van der Waals surface area contributed by atoms with Crippen molar-refractivity contribution >= 4 is 28.3 Å². The van der Waals surface area contributed by atoms with Gasteiger partial charge in [0, 0.05) is 56.5 Å². The highest BCUT2D eigenvalue weighted by atomic mass is 32.1. The van der Waals surface area contributed by atoms with Crippen molar-refractivity contribution in [1.82, 2.24) is 25.1 Å². The normalized spacial score (nSPS) is 17.7. The number of aromatic nitrogens is 4. The second-order valence-corrected chi connectivity index (χ2v) is 9.62. The average Bonchev–Trinajstić information content (AvgIpc) is 3.27. The van der Waals surface area contributed by atoms with Crippen LogP contribution < -0.4 is 10.2 Å². The topological polar surface area (TPSA) is 87.1 Å². The molecule has 0 aromatic carbocycles. The minimum Gasteiger partial charge on any atom is -0.354 e. The van der Waals surface area contributed by atoms with E-state index >= 15 is 0 Å². The van der Waals surface area contributed by atoms with Gasteiger partial charge in [-0.25, -0.2) is 9.97 Å². The van der Waals surface area contributed by atoms with Crippen LogP contribution in [0.15, 0.2) is 6.07 Å². The lowest BCUT2D eigenvalue weighted by Gasteiger charge is -2.34. The molecule has 2 aromatic rings. The molecule has 1 amide bonds. The van der Waals surface area contributed by atoms with E-state index in [1.165, 1.54) is 37.1 Å². The molecule has 1 N–H and O–H groups in total. The Kier molecular flexibility index (Phi) is 7.32. The first kappa shape index (κ1) is 21.9. The Morgan fingerprint density at radius 1 is 1.06 bits per heavy atom. The smallest absolute Gasteiger partial charge is 0.223 e. The molecular weight excluding hydrogens is 410 g/mol. The molecular formula is C22H33N7OS. The van der Waals surface area contributed by atoms with Crippen molar-refractivity contribution in [1.29, 1.82) is 0 Å². The van der Waals surface area contributed by atoms with E-state index in [1.54, 1.807) is 11.3 Å². The monoisotopic (exact) mass is 443 g/mol. The minimum absolute atomic E-state index is 0.225. The molecule has 0 spiro atoms. The number of hydrogen-bond acceptors (Lipinski definition) is 8. The molecule has 9 heteroatoms. The molecule has 168 valence electrons. The predicted octanol–water partition coefficient (Wildman–Crippen LogP) is 3.53. The zero-order valence-corrected chi connectivity index (χ0v) is 19.5. The number of carbonyl (C=O) groups excluding carboxylic acids is 1. The summed E-state index contributed by atoms with van der Waals surface area (Å²) in [5.41, 5.74) is 1.90. The Labute approximate surface area is 188 Å². The van der Waals surface area contributed by atoms with Gasteiger partial charge in [0.15, 0.2) is 0 Å². The van der Waals surface area contributed by atoms with Gasteiger partial charge >= 0.3 is 0 Å². The SMILES string of the molecule is Cc1cc(C)nc(NCCCC(=O)N2CCN(c3nnc(C4CCCCC4)s3)CC2)n1. The molecule has 3 heterocycles. The lowest BCUT2D eigenvalue weighted by Crippen LogP contribution is -2.48. The van der Waals surface area contributed by atoms with Crippen LogP contribution in [0.4, 0.5) is 11.1 Å². The molecule has 1 aliphatic heterocycles. The number of nitrogens with zero attached hydrogens (tertiary/aromatic N) is 6. The number of piperazine rings is 1. The van der Waals surface area contributed by atoms with Crippen LogP contribution in [0.3, 0.4) is 0 Å². The van der Waals surface area contributed by atoms with Gasteiger partial charge in [-0.2, -0.15) is 0 Å². The van der Waals surface area contributed by atoms with Crippen molar-refractivity contribution in [2.24, 2.45) is 0 Å². The van der Waals surface area contributed by atoms with Crippen LogP contribution >= 0.6 is 11.3 Å². The van der Waals surface area contributed by atoms with Crippen LogP contribution in [-0.2, 0) is 4.79 Å². The van der Waals surface area contributed by atoms with E-state index < -0.39 is 0 Å². The van der Waals surface area contributed by atoms with E-state index in [0.29, 0.717) is 24.8 Å². The van der Waals surface area contributed by atoms with Crippen molar-refractivity contribution in [3.05, 3.63) is 22.5 Å². The Morgan fingerprint density at radius 3 is 2.48 bits per heavy atom. The maximum atomic E-state index is 12.6. The summed E-state index contributed by atoms with van der Waals surface area (Å²) in [5, 5.41) is 14.4. The molecule has 2 aromatic heterocycles. The highest BCUT2D eigenvalue weighted by molar-refractivity contribution is 7.15. The number of nitrogens with one attached hydrogen (secondary N) is 1. The van der Waals surface area contributed by atoms with E-state index in [9.17, 15) is 4.79 Å². The van der Waals surface area contributed by atoms with Crippen LogP contribution in [0, 0.1) is 13.8 Å². The van der Waals surface area contributed by atoms with Gasteiger partial charge in [-0.15, -0.1) is 10.2 Å². The van der Waals surface area contributed by atoms with Gasteiger partial charge in [0.2, 0.25) is 17.0 Å². The summed E-state index contributed by atoms with van der Waals surface area (Å²) in [7, 11) is 0. The Bertz CT molecular complexity index is 852. The maximum absolute atomic E-state index is 12.6. The highest BCUT2D eigenvalue weighted by Crippen LogP contribution is 2.36. The van der Waals surface area contributed by atoms with E-state index in [2.05, 4.69) is 30.4 Å². The summed E-state index contributed by atoms with van der Waals surface area (Å²) in [6.45, 7) is 7.79. The predicted molar refractivity (Wildman–Crippen MR) is 124 cm³/mol. The largest absolute Gasteiger partial charge is 0.354 e. The van der Waals surface area contributed by atoms with Gasteiger partial charge in [-0.05, 0) is 39.2 Å². The molecule has 2 aliphatic rings. The fourth-order valence-electron chi connectivity index (χ4n) is 4.42. The number of carbonyl (C=O) groups is 1. The summed E-state index contributed by atoms with van der Waals surface area (Å²) in [6.07, 6.45) is 7.80.